The predicted octanol–water partition coefficient (Wildman–Crippen LogP) is 4.18. The molecule has 0 unspecified atom stereocenters. The first kappa shape index (κ1) is 14.8. The number of rotatable bonds is 1. The molecule has 23 heavy (non-hydrogen) atoms. The quantitative estimate of drug-likeness (QED) is 0.793. The molecule has 1 saturated carbocycles. The van der Waals surface area contributed by atoms with E-state index >= 15 is 0 Å². The molecule has 0 atom stereocenters. The maximum absolute atomic E-state index is 13.1. The molecule has 0 bridgehead atoms. The summed E-state index contributed by atoms with van der Waals surface area (Å²) in [6.07, 6.45) is 5.37. The standard InChI is InChI=1S/C19H23NO3/c1-13-6-7-16-15(12-13)14(2)17(23-16)18(21)20-10-11-22-19(20)8-4-3-5-9-19/h6-7,12H,3-5,8-11H2,1-2H3. The number of carbonyl (C=O) groups is 1. The fourth-order valence-corrected chi connectivity index (χ4v) is 4.08. The van der Waals surface area contributed by atoms with Gasteiger partial charge in [-0.05, 0) is 51.7 Å². The number of benzene rings is 1. The molecule has 2 heterocycles. The molecule has 0 N–H and O–H groups in total. The number of furan rings is 1. The van der Waals surface area contributed by atoms with E-state index in [0.29, 0.717) is 18.9 Å². The van der Waals surface area contributed by atoms with Crippen molar-refractivity contribution in [2.24, 2.45) is 0 Å². The molecule has 2 aliphatic rings. The zero-order valence-electron chi connectivity index (χ0n) is 13.9. The molecular formula is C19H23NO3. The molecule has 1 aliphatic heterocycles. The van der Waals surface area contributed by atoms with Crippen molar-refractivity contribution in [2.45, 2.75) is 51.7 Å². The maximum atomic E-state index is 13.1. The Morgan fingerprint density at radius 1 is 1.17 bits per heavy atom. The molecule has 4 heteroatoms. The Kier molecular flexibility index (Phi) is 3.45. The average molecular weight is 313 g/mol. The second kappa shape index (κ2) is 5.38. The van der Waals surface area contributed by atoms with Crippen molar-refractivity contribution in [3.05, 3.63) is 35.1 Å². The smallest absolute Gasteiger partial charge is 0.292 e. The minimum absolute atomic E-state index is 0.0178. The Bertz CT molecular complexity index is 755. The second-order valence-electron chi connectivity index (χ2n) is 6.87. The van der Waals surface area contributed by atoms with Gasteiger partial charge in [-0.25, -0.2) is 0 Å². The summed E-state index contributed by atoms with van der Waals surface area (Å²) in [6, 6.07) is 6.05. The zero-order valence-corrected chi connectivity index (χ0v) is 13.9. The van der Waals surface area contributed by atoms with Crippen molar-refractivity contribution < 1.29 is 13.9 Å². The highest BCUT2D eigenvalue weighted by Gasteiger charge is 2.46. The van der Waals surface area contributed by atoms with E-state index in [0.717, 1.165) is 42.2 Å². The lowest BCUT2D eigenvalue weighted by Gasteiger charge is -2.39. The highest BCUT2D eigenvalue weighted by molar-refractivity contribution is 5.99. The normalized spacial score (nSPS) is 20.5. The largest absolute Gasteiger partial charge is 0.451 e. The van der Waals surface area contributed by atoms with Crippen molar-refractivity contribution in [1.82, 2.24) is 4.90 Å². The van der Waals surface area contributed by atoms with Gasteiger partial charge in [0, 0.05) is 17.5 Å². The first-order valence-corrected chi connectivity index (χ1v) is 8.56. The van der Waals surface area contributed by atoms with Gasteiger partial charge in [0.2, 0.25) is 0 Å². The molecule has 1 saturated heterocycles. The molecule has 4 rings (SSSR count). The Morgan fingerprint density at radius 2 is 1.96 bits per heavy atom. The Hall–Kier alpha value is -1.81. The Labute approximate surface area is 136 Å². The highest BCUT2D eigenvalue weighted by Crippen LogP contribution is 2.39. The van der Waals surface area contributed by atoms with Gasteiger partial charge in [0.05, 0.1) is 6.61 Å². The van der Waals surface area contributed by atoms with Crippen LogP contribution in [0.25, 0.3) is 11.0 Å². The lowest BCUT2D eigenvalue weighted by atomic mass is 9.90. The van der Waals surface area contributed by atoms with Gasteiger partial charge in [-0.1, -0.05) is 18.1 Å². The number of nitrogens with zero attached hydrogens (tertiary/aromatic N) is 1. The lowest BCUT2D eigenvalue weighted by molar-refractivity contribution is -0.0925. The van der Waals surface area contributed by atoms with Crippen molar-refractivity contribution >= 4 is 16.9 Å². The van der Waals surface area contributed by atoms with Gasteiger partial charge < -0.3 is 14.1 Å². The molecular weight excluding hydrogens is 290 g/mol. The molecule has 1 aromatic heterocycles. The van der Waals surface area contributed by atoms with Gasteiger partial charge >= 0.3 is 0 Å². The summed E-state index contributed by atoms with van der Waals surface area (Å²) in [4.78, 5) is 15.1. The molecule has 1 aliphatic carbocycles. The number of aryl methyl sites for hydroxylation is 2. The molecule has 1 spiro atoms. The number of hydrogen-bond acceptors (Lipinski definition) is 3. The molecule has 1 aromatic carbocycles. The molecule has 2 aromatic rings. The molecule has 2 fully saturated rings. The fourth-order valence-electron chi connectivity index (χ4n) is 4.08. The first-order valence-electron chi connectivity index (χ1n) is 8.56. The molecule has 4 nitrogen and oxygen atoms in total. The number of hydrogen-bond donors (Lipinski definition) is 0. The van der Waals surface area contributed by atoms with E-state index in [9.17, 15) is 4.79 Å². The van der Waals surface area contributed by atoms with Crippen LogP contribution < -0.4 is 0 Å². The number of amides is 1. The topological polar surface area (TPSA) is 42.7 Å². The summed E-state index contributed by atoms with van der Waals surface area (Å²) in [5, 5.41) is 1.03. The Balaban J connectivity index is 1.72. The van der Waals surface area contributed by atoms with Crippen LogP contribution in [0.1, 0.15) is 53.8 Å². The third-order valence-electron chi connectivity index (χ3n) is 5.34. The second-order valence-corrected chi connectivity index (χ2v) is 6.87. The van der Waals surface area contributed by atoms with Crippen LogP contribution >= 0.6 is 0 Å². The van der Waals surface area contributed by atoms with Gasteiger partial charge in [-0.15, -0.1) is 0 Å². The van der Waals surface area contributed by atoms with E-state index in [-0.39, 0.29) is 5.91 Å². The van der Waals surface area contributed by atoms with Crippen molar-refractivity contribution in [2.75, 3.05) is 13.2 Å². The third kappa shape index (κ3) is 2.27. The van der Waals surface area contributed by atoms with E-state index in [4.69, 9.17) is 9.15 Å². The first-order chi connectivity index (χ1) is 11.1. The fraction of sp³-hybridized carbons (Fsp3) is 0.526. The van der Waals surface area contributed by atoms with Crippen LogP contribution in [0, 0.1) is 13.8 Å². The third-order valence-corrected chi connectivity index (χ3v) is 5.34. The maximum Gasteiger partial charge on any atom is 0.292 e. The SMILES string of the molecule is Cc1ccc2oc(C(=O)N3CCOC34CCCCC4)c(C)c2c1. The van der Waals surface area contributed by atoms with E-state index < -0.39 is 5.72 Å². The van der Waals surface area contributed by atoms with Crippen LogP contribution in [0.3, 0.4) is 0 Å². The summed E-state index contributed by atoms with van der Waals surface area (Å²) in [6.45, 7) is 5.32. The molecule has 122 valence electrons. The van der Waals surface area contributed by atoms with E-state index in [1.165, 1.54) is 12.0 Å². The monoisotopic (exact) mass is 313 g/mol. The highest BCUT2D eigenvalue weighted by atomic mass is 16.5. The van der Waals surface area contributed by atoms with Gasteiger partial charge in [0.25, 0.3) is 5.91 Å². The van der Waals surface area contributed by atoms with Gasteiger partial charge in [0.1, 0.15) is 11.3 Å². The summed E-state index contributed by atoms with van der Waals surface area (Å²) in [5.74, 6) is 0.455. The lowest BCUT2D eigenvalue weighted by Crippen LogP contribution is -2.49. The van der Waals surface area contributed by atoms with Crippen LogP contribution in [0.2, 0.25) is 0 Å². The summed E-state index contributed by atoms with van der Waals surface area (Å²) >= 11 is 0. The number of carbonyl (C=O) groups excluding carboxylic acids is 1. The van der Waals surface area contributed by atoms with Gasteiger partial charge in [0.15, 0.2) is 5.76 Å². The van der Waals surface area contributed by atoms with Crippen LogP contribution in [0.4, 0.5) is 0 Å². The Morgan fingerprint density at radius 3 is 2.74 bits per heavy atom. The van der Waals surface area contributed by atoms with Crippen molar-refractivity contribution in [3.63, 3.8) is 0 Å². The minimum Gasteiger partial charge on any atom is -0.451 e. The zero-order chi connectivity index (χ0) is 16.0. The van der Waals surface area contributed by atoms with E-state index in [1.807, 2.05) is 24.0 Å². The van der Waals surface area contributed by atoms with Gasteiger partial charge in [-0.3, -0.25) is 4.79 Å². The summed E-state index contributed by atoms with van der Waals surface area (Å²) in [5.41, 5.74) is 2.51. The molecule has 1 amide bonds. The van der Waals surface area contributed by atoms with Gasteiger partial charge in [-0.2, -0.15) is 0 Å². The van der Waals surface area contributed by atoms with Crippen LogP contribution in [-0.2, 0) is 4.74 Å². The van der Waals surface area contributed by atoms with E-state index in [2.05, 4.69) is 13.0 Å². The molecule has 0 radical (unpaired) electrons. The van der Waals surface area contributed by atoms with E-state index in [1.54, 1.807) is 0 Å². The summed E-state index contributed by atoms with van der Waals surface area (Å²) < 4.78 is 11.9. The van der Waals surface area contributed by atoms with Crippen molar-refractivity contribution in [3.8, 4) is 0 Å². The predicted molar refractivity (Wildman–Crippen MR) is 88.5 cm³/mol. The average Bonchev–Trinajstić information content (AvgIpc) is 3.10. The van der Waals surface area contributed by atoms with Crippen LogP contribution in [-0.4, -0.2) is 29.7 Å². The minimum atomic E-state index is -0.392. The van der Waals surface area contributed by atoms with Crippen LogP contribution in [0.15, 0.2) is 22.6 Å². The van der Waals surface area contributed by atoms with Crippen LogP contribution in [0.5, 0.6) is 0 Å². The number of ether oxygens (including phenoxy) is 1. The summed E-state index contributed by atoms with van der Waals surface area (Å²) in [7, 11) is 0. The number of fused-ring (bicyclic) bond motifs is 1. The van der Waals surface area contributed by atoms with Crippen molar-refractivity contribution in [1.29, 1.82) is 0 Å².